The van der Waals surface area contributed by atoms with Crippen molar-refractivity contribution in [1.29, 1.82) is 0 Å². The Morgan fingerprint density at radius 3 is 3.00 bits per heavy atom. The molecule has 0 atom stereocenters. The Morgan fingerprint density at radius 1 is 1.38 bits per heavy atom. The molecule has 1 aliphatic carbocycles. The first-order chi connectivity index (χ1) is 7.79. The second-order valence-electron chi connectivity index (χ2n) is 3.92. The number of ether oxygens (including phenoxy) is 1. The smallest absolute Gasteiger partial charge is 0.337 e. The molecule has 6 heteroatoms. The van der Waals surface area contributed by atoms with Gasteiger partial charge in [0.25, 0.3) is 5.56 Å². The van der Waals surface area contributed by atoms with E-state index in [0.717, 1.165) is 36.9 Å². The average Bonchev–Trinajstić information content (AvgIpc) is 2.72. The van der Waals surface area contributed by atoms with E-state index in [-0.39, 0.29) is 11.6 Å². The van der Waals surface area contributed by atoms with E-state index in [4.69, 9.17) is 4.74 Å². The Labute approximate surface area is 91.3 Å². The molecule has 0 saturated heterocycles. The number of nitrogens with zero attached hydrogens (tertiary/aromatic N) is 3. The van der Waals surface area contributed by atoms with Crippen molar-refractivity contribution in [1.82, 2.24) is 19.6 Å². The zero-order chi connectivity index (χ0) is 11.1. The highest BCUT2D eigenvalue weighted by molar-refractivity contribution is 5.35. The number of fused-ring (bicyclic) bond motifs is 3. The number of aryl methyl sites for hydroxylation is 1. The van der Waals surface area contributed by atoms with Gasteiger partial charge >= 0.3 is 6.01 Å². The van der Waals surface area contributed by atoms with E-state index in [9.17, 15) is 4.79 Å². The van der Waals surface area contributed by atoms with E-state index >= 15 is 0 Å². The minimum Gasteiger partial charge on any atom is -0.466 e. The zero-order valence-electron chi connectivity index (χ0n) is 8.99. The van der Waals surface area contributed by atoms with Crippen LogP contribution in [0, 0.1) is 0 Å². The minimum atomic E-state index is -0.0442. The van der Waals surface area contributed by atoms with Crippen molar-refractivity contribution in [3.8, 4) is 6.01 Å². The normalized spacial score (nSPS) is 15.1. The molecule has 2 aromatic heterocycles. The SMILES string of the molecule is COc1nc2[nH]c(=O)c3c(n2n1)CCCC3. The Morgan fingerprint density at radius 2 is 2.19 bits per heavy atom. The molecule has 0 bridgehead atoms. The molecule has 2 aromatic rings. The van der Waals surface area contributed by atoms with Crippen LogP contribution in [-0.4, -0.2) is 26.7 Å². The summed E-state index contributed by atoms with van der Waals surface area (Å²) >= 11 is 0. The zero-order valence-corrected chi connectivity index (χ0v) is 8.99. The molecule has 3 rings (SSSR count). The maximum atomic E-state index is 11.8. The minimum absolute atomic E-state index is 0.0442. The van der Waals surface area contributed by atoms with Crippen LogP contribution in [0.25, 0.3) is 5.78 Å². The first kappa shape index (κ1) is 9.38. The summed E-state index contributed by atoms with van der Waals surface area (Å²) in [7, 11) is 1.51. The van der Waals surface area contributed by atoms with Gasteiger partial charge in [0.2, 0.25) is 5.78 Å². The van der Waals surface area contributed by atoms with Crippen molar-refractivity contribution in [2.24, 2.45) is 0 Å². The van der Waals surface area contributed by atoms with E-state index in [1.165, 1.54) is 7.11 Å². The van der Waals surface area contributed by atoms with Crippen molar-refractivity contribution >= 4 is 5.78 Å². The van der Waals surface area contributed by atoms with Gasteiger partial charge in [-0.05, 0) is 25.7 Å². The molecule has 0 saturated carbocycles. The molecule has 0 unspecified atom stereocenters. The van der Waals surface area contributed by atoms with Crippen LogP contribution >= 0.6 is 0 Å². The molecule has 0 spiro atoms. The van der Waals surface area contributed by atoms with Crippen LogP contribution in [0.5, 0.6) is 6.01 Å². The fraction of sp³-hybridized carbons (Fsp3) is 0.500. The summed E-state index contributed by atoms with van der Waals surface area (Å²) < 4.78 is 6.65. The van der Waals surface area contributed by atoms with Gasteiger partial charge in [0.15, 0.2) is 0 Å². The molecule has 84 valence electrons. The first-order valence-corrected chi connectivity index (χ1v) is 5.34. The highest BCUT2D eigenvalue weighted by Gasteiger charge is 2.18. The lowest BCUT2D eigenvalue weighted by Crippen LogP contribution is -2.23. The van der Waals surface area contributed by atoms with Crippen LogP contribution in [-0.2, 0) is 12.8 Å². The summed E-state index contributed by atoms with van der Waals surface area (Å²) in [5, 5.41) is 4.20. The van der Waals surface area contributed by atoms with Crippen LogP contribution < -0.4 is 10.3 Å². The van der Waals surface area contributed by atoms with Crippen LogP contribution in [0.2, 0.25) is 0 Å². The summed E-state index contributed by atoms with van der Waals surface area (Å²) in [5.41, 5.74) is 1.77. The second-order valence-corrected chi connectivity index (χ2v) is 3.92. The van der Waals surface area contributed by atoms with Gasteiger partial charge in [0, 0.05) is 5.56 Å². The summed E-state index contributed by atoms with van der Waals surface area (Å²) in [4.78, 5) is 18.6. The standard InChI is InChI=1S/C10H12N4O2/c1-16-10-12-9-11-8(15)6-4-2-3-5-7(6)14(9)13-10/h2-5H2,1H3,(H,11,12,13,15). The van der Waals surface area contributed by atoms with E-state index in [0.29, 0.717) is 5.78 Å². The third kappa shape index (κ3) is 1.22. The predicted octanol–water partition coefficient (Wildman–Crippen LogP) is 0.305. The number of hydrogen-bond donors (Lipinski definition) is 1. The lowest BCUT2D eigenvalue weighted by Gasteiger charge is -2.14. The number of nitrogens with one attached hydrogen (secondary N) is 1. The third-order valence-corrected chi connectivity index (χ3v) is 2.96. The highest BCUT2D eigenvalue weighted by Crippen LogP contribution is 2.18. The van der Waals surface area contributed by atoms with Gasteiger partial charge in [-0.2, -0.15) is 9.50 Å². The molecule has 6 nitrogen and oxygen atoms in total. The van der Waals surface area contributed by atoms with Crippen LogP contribution in [0.15, 0.2) is 4.79 Å². The molecule has 0 fully saturated rings. The fourth-order valence-corrected chi connectivity index (χ4v) is 2.19. The van der Waals surface area contributed by atoms with Crippen LogP contribution in [0.4, 0.5) is 0 Å². The van der Waals surface area contributed by atoms with E-state index in [1.54, 1.807) is 4.52 Å². The molecular formula is C10H12N4O2. The lowest BCUT2D eigenvalue weighted by atomic mass is 9.97. The summed E-state index contributed by atoms with van der Waals surface area (Å²) in [6.07, 6.45) is 3.85. The van der Waals surface area contributed by atoms with Crippen molar-refractivity contribution in [3.63, 3.8) is 0 Å². The van der Waals surface area contributed by atoms with Gasteiger partial charge in [-0.15, -0.1) is 5.10 Å². The van der Waals surface area contributed by atoms with Crippen LogP contribution in [0.3, 0.4) is 0 Å². The topological polar surface area (TPSA) is 72.3 Å². The van der Waals surface area contributed by atoms with Gasteiger partial charge < -0.3 is 4.74 Å². The molecule has 0 aliphatic heterocycles. The first-order valence-electron chi connectivity index (χ1n) is 5.34. The Bertz CT molecular complexity index is 599. The summed E-state index contributed by atoms with van der Waals surface area (Å²) in [6.45, 7) is 0. The number of methoxy groups -OCH3 is 1. The molecular weight excluding hydrogens is 208 g/mol. The van der Waals surface area contributed by atoms with Gasteiger partial charge in [-0.25, -0.2) is 0 Å². The largest absolute Gasteiger partial charge is 0.466 e. The van der Waals surface area contributed by atoms with Gasteiger partial charge in [-0.1, -0.05) is 0 Å². The number of H-pyrrole nitrogens is 1. The van der Waals surface area contributed by atoms with Crippen LogP contribution in [0.1, 0.15) is 24.1 Å². The molecule has 0 radical (unpaired) electrons. The predicted molar refractivity (Wildman–Crippen MR) is 56.8 cm³/mol. The number of hydrogen-bond acceptors (Lipinski definition) is 4. The molecule has 16 heavy (non-hydrogen) atoms. The van der Waals surface area contributed by atoms with Gasteiger partial charge in [0.1, 0.15) is 0 Å². The summed E-state index contributed by atoms with van der Waals surface area (Å²) in [6, 6.07) is 0.287. The Balaban J connectivity index is 2.35. The van der Waals surface area contributed by atoms with E-state index < -0.39 is 0 Å². The molecule has 2 heterocycles. The Hall–Kier alpha value is -1.85. The molecule has 0 aromatic carbocycles. The average molecular weight is 220 g/mol. The van der Waals surface area contributed by atoms with Crippen molar-refractivity contribution in [2.45, 2.75) is 25.7 Å². The van der Waals surface area contributed by atoms with Gasteiger partial charge in [0.05, 0.1) is 12.8 Å². The lowest BCUT2D eigenvalue weighted by molar-refractivity contribution is 0.380. The fourth-order valence-electron chi connectivity index (χ4n) is 2.19. The monoisotopic (exact) mass is 220 g/mol. The van der Waals surface area contributed by atoms with Gasteiger partial charge in [-0.3, -0.25) is 9.78 Å². The van der Waals surface area contributed by atoms with Crippen molar-refractivity contribution < 1.29 is 4.74 Å². The molecule has 0 amide bonds. The Kier molecular flexibility index (Phi) is 1.95. The maximum absolute atomic E-state index is 11.8. The van der Waals surface area contributed by atoms with Crippen molar-refractivity contribution in [2.75, 3.05) is 7.11 Å². The number of rotatable bonds is 1. The summed E-state index contributed by atoms with van der Waals surface area (Å²) in [5.74, 6) is 0.461. The maximum Gasteiger partial charge on any atom is 0.337 e. The van der Waals surface area contributed by atoms with E-state index in [2.05, 4.69) is 15.1 Å². The molecule has 1 aliphatic rings. The quantitative estimate of drug-likeness (QED) is 0.750. The third-order valence-electron chi connectivity index (χ3n) is 2.96. The molecule has 1 N–H and O–H groups in total. The van der Waals surface area contributed by atoms with E-state index in [1.807, 2.05) is 0 Å². The number of aromatic nitrogens is 4. The number of aromatic amines is 1. The second kappa shape index (κ2) is 3.33. The van der Waals surface area contributed by atoms with Crippen molar-refractivity contribution in [3.05, 3.63) is 21.6 Å². The highest BCUT2D eigenvalue weighted by atomic mass is 16.5.